The van der Waals surface area contributed by atoms with Gasteiger partial charge in [-0.25, -0.2) is 4.84 Å². The molecular formula is C5H13NO2. The minimum atomic E-state index is -0.0825. The Balaban J connectivity index is 3.37. The molecule has 0 N–H and O–H groups in total. The molecule has 0 radical (unpaired) electrons. The lowest BCUT2D eigenvalue weighted by Gasteiger charge is -2.25. The van der Waals surface area contributed by atoms with E-state index in [2.05, 4.69) is 0 Å². The van der Waals surface area contributed by atoms with Gasteiger partial charge >= 0.3 is 0 Å². The van der Waals surface area contributed by atoms with Crippen molar-refractivity contribution in [2.45, 2.75) is 0 Å². The van der Waals surface area contributed by atoms with Gasteiger partial charge in [0.05, 0.1) is 27.7 Å². The highest BCUT2D eigenvalue weighted by molar-refractivity contribution is 4.14. The molecule has 3 nitrogen and oxygen atoms in total. The molecule has 8 heavy (non-hydrogen) atoms. The average molecular weight is 119 g/mol. The second kappa shape index (κ2) is 3.02. The molecule has 0 aromatic carbocycles. The van der Waals surface area contributed by atoms with Gasteiger partial charge in [-0.3, -0.25) is 0 Å². The minimum Gasteiger partial charge on any atom is -0.850 e. The van der Waals surface area contributed by atoms with E-state index in [1.807, 2.05) is 14.1 Å². The van der Waals surface area contributed by atoms with Gasteiger partial charge in [-0.1, -0.05) is 6.61 Å². The molecule has 0 unspecified atom stereocenters. The zero-order valence-electron chi connectivity index (χ0n) is 5.68. The summed E-state index contributed by atoms with van der Waals surface area (Å²) in [5.74, 6) is 0. The fourth-order valence-corrected chi connectivity index (χ4v) is 0.311. The van der Waals surface area contributed by atoms with Gasteiger partial charge in [0.1, 0.15) is 0 Å². The standard InChI is InChI=1S/C5H13NO2/c1-6(2,8-3)4-5-7/h4-5H2,1-3H3. The number of hydroxylamine groups is 3. The SMILES string of the molecule is CO[N+](C)(C)CC[O-]. The molecule has 0 saturated carbocycles. The second-order valence-electron chi connectivity index (χ2n) is 2.18. The van der Waals surface area contributed by atoms with Crippen LogP contribution >= 0.6 is 0 Å². The molecule has 0 aliphatic carbocycles. The molecule has 0 amide bonds. The summed E-state index contributed by atoms with van der Waals surface area (Å²) in [5.41, 5.74) is 0. The van der Waals surface area contributed by atoms with Crippen LogP contribution < -0.4 is 5.11 Å². The van der Waals surface area contributed by atoms with Crippen LogP contribution in [0.5, 0.6) is 0 Å². The van der Waals surface area contributed by atoms with E-state index < -0.39 is 0 Å². The van der Waals surface area contributed by atoms with Gasteiger partial charge in [-0.2, -0.15) is 4.65 Å². The van der Waals surface area contributed by atoms with Gasteiger partial charge in [-0.15, -0.1) is 0 Å². The number of rotatable bonds is 3. The van der Waals surface area contributed by atoms with Crippen LogP contribution in [0.4, 0.5) is 0 Å². The lowest BCUT2D eigenvalue weighted by molar-refractivity contribution is -1.07. The number of nitrogens with zero attached hydrogens (tertiary/aromatic N) is 1. The van der Waals surface area contributed by atoms with Crippen LogP contribution in [0, 0.1) is 0 Å². The third-order valence-electron chi connectivity index (χ3n) is 1.12. The molecule has 0 bridgehead atoms. The molecule has 0 spiro atoms. The van der Waals surface area contributed by atoms with Crippen LogP contribution in [0.15, 0.2) is 0 Å². The van der Waals surface area contributed by atoms with Crippen molar-refractivity contribution in [3.63, 3.8) is 0 Å². The summed E-state index contributed by atoms with van der Waals surface area (Å²) >= 11 is 0. The maximum atomic E-state index is 10.0. The summed E-state index contributed by atoms with van der Waals surface area (Å²) in [5, 5.41) is 10.0. The summed E-state index contributed by atoms with van der Waals surface area (Å²) in [7, 11) is 5.28. The number of hydrogen-bond donors (Lipinski definition) is 0. The zero-order valence-corrected chi connectivity index (χ0v) is 5.68. The first-order valence-corrected chi connectivity index (χ1v) is 2.59. The first kappa shape index (κ1) is 7.88. The third kappa shape index (κ3) is 2.96. The van der Waals surface area contributed by atoms with Crippen molar-refractivity contribution >= 4 is 0 Å². The molecule has 0 rings (SSSR count). The Morgan fingerprint density at radius 2 is 2.00 bits per heavy atom. The van der Waals surface area contributed by atoms with Crippen LogP contribution in [0.25, 0.3) is 0 Å². The second-order valence-corrected chi connectivity index (χ2v) is 2.18. The first-order chi connectivity index (χ1) is 3.62. The van der Waals surface area contributed by atoms with E-state index in [4.69, 9.17) is 4.84 Å². The smallest absolute Gasteiger partial charge is 0.0983 e. The quantitative estimate of drug-likeness (QED) is 0.352. The molecule has 0 saturated heterocycles. The van der Waals surface area contributed by atoms with Crippen LogP contribution in [-0.2, 0) is 4.84 Å². The highest BCUT2D eigenvalue weighted by atomic mass is 16.7. The maximum absolute atomic E-state index is 10.0. The van der Waals surface area contributed by atoms with Gasteiger partial charge in [0.15, 0.2) is 0 Å². The van der Waals surface area contributed by atoms with E-state index in [0.29, 0.717) is 11.2 Å². The highest BCUT2D eigenvalue weighted by Crippen LogP contribution is 1.91. The van der Waals surface area contributed by atoms with E-state index in [1.165, 1.54) is 0 Å². The van der Waals surface area contributed by atoms with Crippen molar-refractivity contribution < 1.29 is 14.6 Å². The first-order valence-electron chi connectivity index (χ1n) is 2.59. The topological polar surface area (TPSA) is 32.3 Å². The van der Waals surface area contributed by atoms with Crippen LogP contribution in [0.1, 0.15) is 0 Å². The summed E-state index contributed by atoms with van der Waals surface area (Å²) in [6.45, 7) is 0.442. The Morgan fingerprint density at radius 1 is 1.50 bits per heavy atom. The van der Waals surface area contributed by atoms with E-state index in [0.717, 1.165) is 0 Å². The van der Waals surface area contributed by atoms with Gasteiger partial charge in [-0.05, 0) is 0 Å². The molecule has 0 fully saturated rings. The minimum absolute atomic E-state index is 0.0825. The van der Waals surface area contributed by atoms with Crippen LogP contribution in [0.2, 0.25) is 0 Å². The summed E-state index contributed by atoms with van der Waals surface area (Å²) in [6, 6.07) is 0. The van der Waals surface area contributed by atoms with Gasteiger partial charge in [0.2, 0.25) is 0 Å². The fraction of sp³-hybridized carbons (Fsp3) is 1.00. The Hall–Kier alpha value is -0.120. The maximum Gasteiger partial charge on any atom is 0.0983 e. The Labute approximate surface area is 50.0 Å². The third-order valence-corrected chi connectivity index (χ3v) is 1.12. The molecular weight excluding hydrogens is 106 g/mol. The van der Waals surface area contributed by atoms with Gasteiger partial charge in [0.25, 0.3) is 0 Å². The van der Waals surface area contributed by atoms with Crippen molar-refractivity contribution in [1.82, 2.24) is 0 Å². The number of hydrogen-bond acceptors (Lipinski definition) is 2. The Morgan fingerprint density at radius 3 is 2.12 bits per heavy atom. The van der Waals surface area contributed by atoms with Crippen molar-refractivity contribution in [3.8, 4) is 0 Å². The molecule has 50 valence electrons. The lowest BCUT2D eigenvalue weighted by atomic mass is 10.6. The van der Waals surface area contributed by atoms with E-state index >= 15 is 0 Å². The Kier molecular flexibility index (Phi) is 2.97. The summed E-state index contributed by atoms with van der Waals surface area (Å²) in [4.78, 5) is 4.92. The van der Waals surface area contributed by atoms with Crippen molar-refractivity contribution in [3.05, 3.63) is 0 Å². The predicted octanol–water partition coefficient (Wildman–Crippen LogP) is -1.02. The van der Waals surface area contributed by atoms with Crippen molar-refractivity contribution in [2.24, 2.45) is 0 Å². The molecule has 0 aliphatic rings. The molecule has 0 aliphatic heterocycles. The fourth-order valence-electron chi connectivity index (χ4n) is 0.311. The molecule has 0 aromatic rings. The molecule has 0 atom stereocenters. The van der Waals surface area contributed by atoms with Crippen LogP contribution in [-0.4, -0.2) is 39.0 Å². The summed E-state index contributed by atoms with van der Waals surface area (Å²) < 4.78 is 0.351. The van der Waals surface area contributed by atoms with Gasteiger partial charge < -0.3 is 5.11 Å². The van der Waals surface area contributed by atoms with Crippen LogP contribution in [0.3, 0.4) is 0 Å². The molecule has 0 aromatic heterocycles. The predicted molar refractivity (Wildman–Crippen MR) is 28.9 cm³/mol. The largest absolute Gasteiger partial charge is 0.850 e. The number of likely N-dealkylation sites (N-methyl/N-ethyl adjacent to an activating group) is 1. The Bertz CT molecular complexity index is 63.4. The average Bonchev–Trinajstić information content (AvgIpc) is 1.67. The normalized spacial score (nSPS) is 12.0. The molecule has 3 heteroatoms. The highest BCUT2D eigenvalue weighted by Gasteiger charge is 2.08. The lowest BCUT2D eigenvalue weighted by Crippen LogP contribution is -2.42. The van der Waals surface area contributed by atoms with E-state index in [1.54, 1.807) is 7.11 Å². The van der Waals surface area contributed by atoms with E-state index in [9.17, 15) is 5.11 Å². The monoisotopic (exact) mass is 119 g/mol. The van der Waals surface area contributed by atoms with E-state index in [-0.39, 0.29) is 6.61 Å². The van der Waals surface area contributed by atoms with Gasteiger partial charge in [0, 0.05) is 0 Å². The number of quaternary nitrogens is 1. The summed E-state index contributed by atoms with van der Waals surface area (Å²) in [6.07, 6.45) is 0. The van der Waals surface area contributed by atoms with Crippen molar-refractivity contribution in [2.75, 3.05) is 34.4 Å². The molecule has 0 heterocycles. The zero-order chi connectivity index (χ0) is 6.62. The van der Waals surface area contributed by atoms with Crippen molar-refractivity contribution in [1.29, 1.82) is 0 Å².